The highest BCUT2D eigenvalue weighted by Gasteiger charge is 2.30. The van der Waals surface area contributed by atoms with Gasteiger partial charge in [0, 0.05) is 47.9 Å². The first kappa shape index (κ1) is 23.9. The third-order valence-corrected chi connectivity index (χ3v) is 7.24. The molecule has 0 N–H and O–H groups in total. The van der Waals surface area contributed by atoms with Crippen LogP contribution in [0.1, 0.15) is 47.3 Å². The molecule has 0 spiro atoms. The van der Waals surface area contributed by atoms with Crippen molar-refractivity contribution in [1.29, 1.82) is 0 Å². The Morgan fingerprint density at radius 1 is 1.21 bits per heavy atom. The van der Waals surface area contributed by atoms with E-state index in [-0.39, 0.29) is 29.9 Å². The molecular weight excluding hydrogens is 489 g/mol. The maximum atomic E-state index is 15.5. The van der Waals surface area contributed by atoms with E-state index in [1.54, 1.807) is 34.9 Å². The Morgan fingerprint density at radius 3 is 2.84 bits per heavy atom. The number of esters is 1. The minimum Gasteiger partial charge on any atom is -0.485 e. The lowest BCUT2D eigenvalue weighted by molar-refractivity contribution is -0.136. The van der Waals surface area contributed by atoms with E-state index in [1.165, 1.54) is 7.11 Å². The highest BCUT2D eigenvalue weighted by Crippen LogP contribution is 2.36. The summed E-state index contributed by atoms with van der Waals surface area (Å²) in [6.45, 7) is 5.22. The van der Waals surface area contributed by atoms with Gasteiger partial charge < -0.3 is 18.9 Å². The minimum absolute atomic E-state index is 0.0515. The molecule has 1 aromatic carbocycles. The standard InChI is InChI=1S/C28H26FN5O4/c1-4-19-13-22(27(35)33-11-10-32-9-5-6-23(32)16(33)2)30-24-14-21(31-34(19)24)20-8-7-17-12-18(28(36)37-3)15-38-26(17)25(20)29/h5-9,12-14,16H,4,10-11,15H2,1-3H3/t16-/m1/s1. The van der Waals surface area contributed by atoms with Crippen LogP contribution in [0, 0.1) is 5.82 Å². The van der Waals surface area contributed by atoms with Crippen LogP contribution in [0.25, 0.3) is 23.0 Å². The molecule has 5 heterocycles. The van der Waals surface area contributed by atoms with Crippen molar-refractivity contribution in [2.75, 3.05) is 20.3 Å². The number of methoxy groups -OCH3 is 1. The van der Waals surface area contributed by atoms with E-state index in [4.69, 9.17) is 9.47 Å². The first-order valence-corrected chi connectivity index (χ1v) is 12.5. The molecule has 1 atom stereocenters. The van der Waals surface area contributed by atoms with Crippen LogP contribution in [-0.4, -0.2) is 56.2 Å². The van der Waals surface area contributed by atoms with Gasteiger partial charge in [-0.3, -0.25) is 4.79 Å². The first-order valence-electron chi connectivity index (χ1n) is 12.5. The Kier molecular flexibility index (Phi) is 5.74. The van der Waals surface area contributed by atoms with E-state index in [0.29, 0.717) is 41.1 Å². The minimum atomic E-state index is -0.578. The zero-order valence-corrected chi connectivity index (χ0v) is 21.3. The van der Waals surface area contributed by atoms with Gasteiger partial charge >= 0.3 is 5.97 Å². The molecular formula is C28H26FN5O4. The van der Waals surface area contributed by atoms with Crippen LogP contribution in [0.5, 0.6) is 5.75 Å². The molecule has 0 aliphatic carbocycles. The van der Waals surface area contributed by atoms with Crippen molar-refractivity contribution in [2.24, 2.45) is 0 Å². The van der Waals surface area contributed by atoms with Crippen LogP contribution >= 0.6 is 0 Å². The highest BCUT2D eigenvalue weighted by atomic mass is 19.1. The van der Waals surface area contributed by atoms with Crippen LogP contribution in [0.2, 0.25) is 0 Å². The number of ether oxygens (including phenoxy) is 2. The summed E-state index contributed by atoms with van der Waals surface area (Å²) in [4.78, 5) is 31.8. The number of benzene rings is 1. The molecule has 4 aromatic rings. The van der Waals surface area contributed by atoms with E-state index < -0.39 is 11.8 Å². The number of rotatable bonds is 4. The first-order chi connectivity index (χ1) is 18.4. The van der Waals surface area contributed by atoms with Gasteiger partial charge in [0.15, 0.2) is 17.2 Å². The number of carbonyl (C=O) groups is 2. The van der Waals surface area contributed by atoms with E-state index in [1.807, 2.05) is 37.1 Å². The van der Waals surface area contributed by atoms with Crippen molar-refractivity contribution in [1.82, 2.24) is 24.1 Å². The van der Waals surface area contributed by atoms with Gasteiger partial charge in [-0.1, -0.05) is 13.0 Å². The van der Waals surface area contributed by atoms with Crippen molar-refractivity contribution >= 4 is 23.6 Å². The number of halogens is 1. The van der Waals surface area contributed by atoms with Crippen LogP contribution in [-0.2, 0) is 22.5 Å². The topological polar surface area (TPSA) is 91.0 Å². The van der Waals surface area contributed by atoms with Crippen molar-refractivity contribution in [3.05, 3.63) is 76.6 Å². The Morgan fingerprint density at radius 2 is 2.05 bits per heavy atom. The molecule has 2 aliphatic rings. The average Bonchev–Trinajstić information content (AvgIpc) is 3.59. The molecule has 1 amide bonds. The lowest BCUT2D eigenvalue weighted by Gasteiger charge is -2.34. The second-order valence-corrected chi connectivity index (χ2v) is 9.38. The Labute approximate surface area is 218 Å². The summed E-state index contributed by atoms with van der Waals surface area (Å²) in [5, 5.41) is 4.61. The summed E-state index contributed by atoms with van der Waals surface area (Å²) in [6, 6.07) is 10.7. The molecule has 0 saturated heterocycles. The maximum absolute atomic E-state index is 15.5. The molecule has 0 saturated carbocycles. The summed E-state index contributed by atoms with van der Waals surface area (Å²) < 4.78 is 29.7. The number of fused-ring (bicyclic) bond motifs is 3. The molecule has 10 heteroatoms. The molecule has 9 nitrogen and oxygen atoms in total. The van der Waals surface area contributed by atoms with Crippen LogP contribution < -0.4 is 4.74 Å². The van der Waals surface area contributed by atoms with Crippen molar-refractivity contribution in [3.63, 3.8) is 0 Å². The summed E-state index contributed by atoms with van der Waals surface area (Å²) in [6.07, 6.45) is 4.20. The fourth-order valence-corrected chi connectivity index (χ4v) is 5.19. The van der Waals surface area contributed by atoms with Gasteiger partial charge in [-0.2, -0.15) is 5.10 Å². The highest BCUT2D eigenvalue weighted by molar-refractivity contribution is 5.95. The quantitative estimate of drug-likeness (QED) is 0.381. The van der Waals surface area contributed by atoms with Crippen LogP contribution in [0.15, 0.2) is 48.2 Å². The summed E-state index contributed by atoms with van der Waals surface area (Å²) in [5.74, 6) is -1.19. The van der Waals surface area contributed by atoms with Crippen LogP contribution in [0.3, 0.4) is 0 Å². The summed E-state index contributed by atoms with van der Waals surface area (Å²) >= 11 is 0. The molecule has 194 valence electrons. The lowest BCUT2D eigenvalue weighted by atomic mass is 10.0. The Balaban J connectivity index is 1.36. The zero-order chi connectivity index (χ0) is 26.6. The number of aryl methyl sites for hydroxylation is 1. The molecule has 2 aliphatic heterocycles. The fourth-order valence-electron chi connectivity index (χ4n) is 5.19. The number of hydrogen-bond acceptors (Lipinski definition) is 6. The van der Waals surface area contributed by atoms with Gasteiger partial charge in [-0.15, -0.1) is 0 Å². The molecule has 0 unspecified atom stereocenters. The predicted molar refractivity (Wildman–Crippen MR) is 137 cm³/mol. The van der Waals surface area contributed by atoms with Crippen molar-refractivity contribution < 1.29 is 23.5 Å². The zero-order valence-electron chi connectivity index (χ0n) is 21.3. The monoisotopic (exact) mass is 515 g/mol. The van der Waals surface area contributed by atoms with Gasteiger partial charge in [0.2, 0.25) is 0 Å². The predicted octanol–water partition coefficient (Wildman–Crippen LogP) is 4.07. The largest absolute Gasteiger partial charge is 0.485 e. The Bertz CT molecular complexity index is 1640. The number of aromatic nitrogens is 4. The van der Waals surface area contributed by atoms with E-state index in [0.717, 1.165) is 17.9 Å². The SMILES string of the molecule is CCc1cc(C(=O)N2CCn3cccc3[C@H]2C)nc2cc(-c3ccc4c(c3F)OCC(C(=O)OC)=C4)nn12. The van der Waals surface area contributed by atoms with E-state index in [2.05, 4.69) is 14.6 Å². The fraction of sp³-hybridized carbons (Fsp3) is 0.286. The van der Waals surface area contributed by atoms with Crippen molar-refractivity contribution in [2.45, 2.75) is 32.9 Å². The molecule has 0 radical (unpaired) electrons. The normalized spacial score (nSPS) is 16.5. The second kappa shape index (κ2) is 9.13. The number of carbonyl (C=O) groups excluding carboxylic acids is 2. The smallest absolute Gasteiger partial charge is 0.337 e. The second-order valence-electron chi connectivity index (χ2n) is 9.38. The number of nitrogens with zero attached hydrogens (tertiary/aromatic N) is 5. The molecule has 38 heavy (non-hydrogen) atoms. The molecule has 6 rings (SSSR count). The van der Waals surface area contributed by atoms with Gasteiger partial charge in [-0.05, 0) is 43.7 Å². The summed E-state index contributed by atoms with van der Waals surface area (Å²) in [7, 11) is 1.29. The van der Waals surface area contributed by atoms with Crippen LogP contribution in [0.4, 0.5) is 4.39 Å². The maximum Gasteiger partial charge on any atom is 0.337 e. The third kappa shape index (κ3) is 3.75. The number of hydrogen-bond donors (Lipinski definition) is 0. The molecule has 0 bridgehead atoms. The summed E-state index contributed by atoms with van der Waals surface area (Å²) in [5.41, 5.74) is 4.04. The molecule has 3 aromatic heterocycles. The Hall–Kier alpha value is -4.47. The third-order valence-electron chi connectivity index (χ3n) is 7.24. The lowest BCUT2D eigenvalue weighted by Crippen LogP contribution is -2.41. The van der Waals surface area contributed by atoms with Crippen molar-refractivity contribution in [3.8, 4) is 17.0 Å². The van der Waals surface area contributed by atoms with Gasteiger partial charge in [0.25, 0.3) is 5.91 Å². The van der Waals surface area contributed by atoms with Gasteiger partial charge in [0.1, 0.15) is 12.3 Å². The average molecular weight is 516 g/mol. The van der Waals surface area contributed by atoms with E-state index in [9.17, 15) is 9.59 Å². The van der Waals surface area contributed by atoms with Gasteiger partial charge in [-0.25, -0.2) is 18.7 Å². The van der Waals surface area contributed by atoms with E-state index >= 15 is 4.39 Å². The van der Waals surface area contributed by atoms with Gasteiger partial charge in [0.05, 0.1) is 24.4 Å². The molecule has 0 fully saturated rings. The number of amides is 1.